The molecule has 3 aromatic rings. The van der Waals surface area contributed by atoms with Gasteiger partial charge in [-0.1, -0.05) is 18.2 Å². The molecule has 0 bridgehead atoms. The molecule has 1 aliphatic heterocycles. The summed E-state index contributed by atoms with van der Waals surface area (Å²) in [5.41, 5.74) is 7.88. The quantitative estimate of drug-likeness (QED) is 0.428. The van der Waals surface area contributed by atoms with Crippen LogP contribution in [-0.4, -0.2) is 52.3 Å². The number of anilines is 2. The molecule has 9 heteroatoms. The number of nitrogens with zero attached hydrogens (tertiary/aromatic N) is 2. The molecule has 0 spiro atoms. The van der Waals surface area contributed by atoms with Gasteiger partial charge in [0.05, 0.1) is 29.6 Å². The summed E-state index contributed by atoms with van der Waals surface area (Å²) >= 11 is 1.24. The predicted octanol–water partition coefficient (Wildman–Crippen LogP) is 4.32. The highest BCUT2D eigenvalue weighted by molar-refractivity contribution is 7.19. The number of amides is 1. The zero-order valence-electron chi connectivity index (χ0n) is 20.1. The Labute approximate surface area is 208 Å². The van der Waals surface area contributed by atoms with Crippen LogP contribution >= 0.6 is 11.3 Å². The molecule has 4 N–H and O–H groups in total. The number of aliphatic hydroxyl groups excluding tert-OH is 1. The summed E-state index contributed by atoms with van der Waals surface area (Å²) in [4.78, 5) is 19.7. The van der Waals surface area contributed by atoms with Gasteiger partial charge in [0, 0.05) is 30.1 Å². The van der Waals surface area contributed by atoms with Crippen molar-refractivity contribution in [3.05, 3.63) is 65.1 Å². The normalized spacial score (nSPS) is 19.5. The SMILES string of the molecule is CC(O)Cc1ccc(-c2cc(C(N)=O)c(Nc3cccc(CN4CC(C)OC(C)C4)n3)s2)c(F)c1. The number of nitrogens with one attached hydrogen (secondary N) is 1. The number of ether oxygens (including phenoxy) is 1. The Morgan fingerprint density at radius 2 is 2.03 bits per heavy atom. The van der Waals surface area contributed by atoms with Crippen LogP contribution < -0.4 is 11.1 Å². The number of hydrogen-bond donors (Lipinski definition) is 3. The molecule has 35 heavy (non-hydrogen) atoms. The number of aromatic nitrogens is 1. The molecular formula is C26H31FN4O3S. The van der Waals surface area contributed by atoms with E-state index >= 15 is 0 Å². The minimum Gasteiger partial charge on any atom is -0.393 e. The van der Waals surface area contributed by atoms with Crippen molar-refractivity contribution in [3.63, 3.8) is 0 Å². The molecular weight excluding hydrogens is 467 g/mol. The van der Waals surface area contributed by atoms with Crippen molar-refractivity contribution in [2.45, 2.75) is 52.0 Å². The highest BCUT2D eigenvalue weighted by Gasteiger charge is 2.23. The Hall–Kier alpha value is -2.85. The van der Waals surface area contributed by atoms with Gasteiger partial charge in [-0.15, -0.1) is 11.3 Å². The molecule has 3 atom stereocenters. The van der Waals surface area contributed by atoms with Crippen LogP contribution in [0.5, 0.6) is 0 Å². The van der Waals surface area contributed by atoms with Crippen LogP contribution in [0.1, 0.15) is 42.4 Å². The number of rotatable bonds is 8. The number of thiophene rings is 1. The maximum atomic E-state index is 14.8. The monoisotopic (exact) mass is 498 g/mol. The van der Waals surface area contributed by atoms with E-state index in [-0.39, 0.29) is 17.8 Å². The molecule has 0 saturated carbocycles. The van der Waals surface area contributed by atoms with Gasteiger partial charge in [0.25, 0.3) is 5.91 Å². The van der Waals surface area contributed by atoms with Crippen molar-refractivity contribution in [1.29, 1.82) is 0 Å². The summed E-state index contributed by atoms with van der Waals surface area (Å²) in [5, 5.41) is 13.3. The highest BCUT2D eigenvalue weighted by Crippen LogP contribution is 2.38. The van der Waals surface area contributed by atoms with Gasteiger partial charge in [-0.25, -0.2) is 9.37 Å². The Kier molecular flexibility index (Phi) is 7.81. The summed E-state index contributed by atoms with van der Waals surface area (Å²) in [7, 11) is 0. The van der Waals surface area contributed by atoms with Crippen LogP contribution in [0.4, 0.5) is 15.2 Å². The molecule has 1 aromatic carbocycles. The molecule has 3 unspecified atom stereocenters. The summed E-state index contributed by atoms with van der Waals surface area (Å²) in [6.07, 6.45) is 0.150. The molecule has 1 saturated heterocycles. The Morgan fingerprint density at radius 3 is 2.69 bits per heavy atom. The number of carbonyl (C=O) groups is 1. The Morgan fingerprint density at radius 1 is 1.29 bits per heavy atom. The molecule has 1 fully saturated rings. The van der Waals surface area contributed by atoms with Gasteiger partial charge in [0.2, 0.25) is 0 Å². The number of carbonyl (C=O) groups excluding carboxylic acids is 1. The van der Waals surface area contributed by atoms with Crippen molar-refractivity contribution < 1.29 is 19.0 Å². The van der Waals surface area contributed by atoms with Crippen molar-refractivity contribution >= 4 is 28.1 Å². The van der Waals surface area contributed by atoms with E-state index in [2.05, 4.69) is 24.1 Å². The minimum atomic E-state index is -0.603. The van der Waals surface area contributed by atoms with E-state index in [0.29, 0.717) is 39.8 Å². The fourth-order valence-electron chi connectivity index (χ4n) is 4.42. The van der Waals surface area contributed by atoms with Gasteiger partial charge < -0.3 is 20.9 Å². The highest BCUT2D eigenvalue weighted by atomic mass is 32.1. The van der Waals surface area contributed by atoms with E-state index in [1.54, 1.807) is 25.1 Å². The first-order chi connectivity index (χ1) is 16.7. The summed E-state index contributed by atoms with van der Waals surface area (Å²) in [6, 6.07) is 12.2. The number of benzene rings is 1. The predicted molar refractivity (Wildman–Crippen MR) is 136 cm³/mol. The van der Waals surface area contributed by atoms with Crippen molar-refractivity contribution in [2.24, 2.45) is 5.73 Å². The first-order valence-corrected chi connectivity index (χ1v) is 12.5. The molecule has 7 nitrogen and oxygen atoms in total. The van der Waals surface area contributed by atoms with Crippen LogP contribution in [0.3, 0.4) is 0 Å². The fourth-order valence-corrected chi connectivity index (χ4v) is 5.52. The van der Waals surface area contributed by atoms with E-state index < -0.39 is 17.8 Å². The molecule has 2 aromatic heterocycles. The molecule has 1 aliphatic rings. The van der Waals surface area contributed by atoms with Gasteiger partial charge in [-0.05, 0) is 57.0 Å². The van der Waals surface area contributed by atoms with E-state index in [1.807, 2.05) is 18.2 Å². The molecule has 3 heterocycles. The van der Waals surface area contributed by atoms with Crippen LogP contribution in [0.25, 0.3) is 10.4 Å². The third kappa shape index (κ3) is 6.43. The third-order valence-electron chi connectivity index (χ3n) is 5.76. The average Bonchev–Trinajstić information content (AvgIpc) is 3.16. The van der Waals surface area contributed by atoms with Crippen LogP contribution in [-0.2, 0) is 17.7 Å². The smallest absolute Gasteiger partial charge is 0.251 e. The minimum absolute atomic E-state index is 0.171. The zero-order valence-corrected chi connectivity index (χ0v) is 20.9. The lowest BCUT2D eigenvalue weighted by molar-refractivity contribution is -0.0707. The summed E-state index contributed by atoms with van der Waals surface area (Å²) < 4.78 is 20.7. The van der Waals surface area contributed by atoms with Gasteiger partial charge in [0.15, 0.2) is 0 Å². The second kappa shape index (κ2) is 10.8. The van der Waals surface area contributed by atoms with E-state index in [4.69, 9.17) is 15.5 Å². The van der Waals surface area contributed by atoms with Gasteiger partial charge in [0.1, 0.15) is 16.6 Å². The topological polar surface area (TPSA) is 101 Å². The number of hydrogen-bond acceptors (Lipinski definition) is 7. The zero-order chi connectivity index (χ0) is 25.1. The molecule has 0 radical (unpaired) electrons. The largest absolute Gasteiger partial charge is 0.393 e. The van der Waals surface area contributed by atoms with Gasteiger partial charge in [-0.2, -0.15) is 0 Å². The Balaban J connectivity index is 1.55. The van der Waals surface area contributed by atoms with Crippen LogP contribution in [0.2, 0.25) is 0 Å². The number of nitrogens with two attached hydrogens (primary N) is 1. The summed E-state index contributed by atoms with van der Waals surface area (Å²) in [5.74, 6) is -0.435. The van der Waals surface area contributed by atoms with Gasteiger partial charge >= 0.3 is 0 Å². The second-order valence-electron chi connectivity index (χ2n) is 9.18. The lowest BCUT2D eigenvalue weighted by Gasteiger charge is -2.35. The standard InChI is InChI=1S/C26H31FN4O3S/c1-15(32)9-18-7-8-20(22(27)10-18)23-11-21(25(28)33)26(35-23)30-24-6-4-5-19(29-24)14-31-12-16(2)34-17(3)13-31/h4-8,10-11,15-17,32H,9,12-14H2,1-3H3,(H2,28,33)(H,29,30). The van der Waals surface area contributed by atoms with Crippen molar-refractivity contribution in [3.8, 4) is 10.4 Å². The molecule has 1 amide bonds. The van der Waals surface area contributed by atoms with Crippen molar-refractivity contribution in [1.82, 2.24) is 9.88 Å². The third-order valence-corrected chi connectivity index (χ3v) is 6.84. The lowest BCUT2D eigenvalue weighted by atomic mass is 10.0. The Bertz CT molecular complexity index is 1190. The fraction of sp³-hybridized carbons (Fsp3) is 0.385. The first kappa shape index (κ1) is 25.2. The number of pyridine rings is 1. The number of halogens is 1. The first-order valence-electron chi connectivity index (χ1n) is 11.7. The number of aliphatic hydroxyl groups is 1. The summed E-state index contributed by atoms with van der Waals surface area (Å²) in [6.45, 7) is 8.16. The molecule has 186 valence electrons. The maximum absolute atomic E-state index is 14.8. The number of morpholine rings is 1. The van der Waals surface area contributed by atoms with E-state index in [9.17, 15) is 14.3 Å². The van der Waals surface area contributed by atoms with Crippen LogP contribution in [0, 0.1) is 5.82 Å². The molecule has 4 rings (SSSR count). The van der Waals surface area contributed by atoms with E-state index in [0.717, 1.165) is 18.8 Å². The van der Waals surface area contributed by atoms with Crippen LogP contribution in [0.15, 0.2) is 42.5 Å². The van der Waals surface area contributed by atoms with Crippen molar-refractivity contribution in [2.75, 3.05) is 18.4 Å². The van der Waals surface area contributed by atoms with E-state index in [1.165, 1.54) is 17.4 Å². The second-order valence-corrected chi connectivity index (χ2v) is 10.2. The average molecular weight is 499 g/mol. The lowest BCUT2D eigenvalue weighted by Crippen LogP contribution is -2.44. The van der Waals surface area contributed by atoms with Gasteiger partial charge in [-0.3, -0.25) is 9.69 Å². The maximum Gasteiger partial charge on any atom is 0.251 e. The molecule has 0 aliphatic carbocycles. The number of primary amides is 1.